The minimum absolute atomic E-state index is 0.0136. The molecule has 3 heterocycles. The number of nitrogens with two attached hydrogens (primary N) is 1. The maximum Gasteiger partial charge on any atom is 0.262 e. The molecular weight excluding hydrogens is 536 g/mol. The Morgan fingerprint density at radius 2 is 2.00 bits per heavy atom. The van der Waals surface area contributed by atoms with Gasteiger partial charge in [0.05, 0.1) is 47.8 Å². The number of piperidine rings is 1. The van der Waals surface area contributed by atoms with Crippen molar-refractivity contribution in [2.45, 2.75) is 41.8 Å². The molecule has 0 unspecified atom stereocenters. The Hall–Kier alpha value is -3.18. The summed E-state index contributed by atoms with van der Waals surface area (Å²) in [5, 5.41) is 11.3. The smallest absolute Gasteiger partial charge is 0.262 e. The van der Waals surface area contributed by atoms with E-state index in [2.05, 4.69) is 19.9 Å². The molecule has 11 heteroatoms. The quantitative estimate of drug-likeness (QED) is 0.355. The van der Waals surface area contributed by atoms with Crippen molar-refractivity contribution in [1.29, 1.82) is 0 Å². The Morgan fingerprint density at radius 3 is 2.74 bits per heavy atom. The molecule has 1 atom stereocenters. The summed E-state index contributed by atoms with van der Waals surface area (Å²) in [4.78, 5) is 29.6. The zero-order valence-corrected chi connectivity index (χ0v) is 23.1. The molecule has 1 spiro atoms. The number of anilines is 1. The number of fused-ring (bicyclic) bond motifs is 2. The number of nitrogens with zero attached hydrogens (tertiary/aromatic N) is 5. The van der Waals surface area contributed by atoms with E-state index >= 15 is 0 Å². The molecule has 9 nitrogen and oxygen atoms in total. The van der Waals surface area contributed by atoms with Crippen molar-refractivity contribution < 1.29 is 9.84 Å². The highest BCUT2D eigenvalue weighted by atomic mass is 35.5. The second-order valence-electron chi connectivity index (χ2n) is 10.2. The van der Waals surface area contributed by atoms with E-state index in [0.717, 1.165) is 48.6 Å². The maximum atomic E-state index is 13.0. The van der Waals surface area contributed by atoms with Crippen molar-refractivity contribution in [2.75, 3.05) is 31.7 Å². The summed E-state index contributed by atoms with van der Waals surface area (Å²) < 4.78 is 6.59. The fraction of sp³-hybridized carbons (Fsp3) is 0.357. The molecule has 0 radical (unpaired) electrons. The number of hydrogen-bond donors (Lipinski definition) is 2. The van der Waals surface area contributed by atoms with Crippen LogP contribution in [-0.4, -0.2) is 51.4 Å². The number of aromatic nitrogens is 4. The van der Waals surface area contributed by atoms with Gasteiger partial charge in [-0.05, 0) is 60.1 Å². The van der Waals surface area contributed by atoms with Crippen LogP contribution in [0.5, 0.6) is 5.75 Å². The minimum atomic E-state index is -0.198. The van der Waals surface area contributed by atoms with E-state index in [1.54, 1.807) is 31.6 Å². The SMILES string of the molecule is COCCn1cnc2ccc(Sc3cnc(N4CCC5(CC4)Cc4ccc(O)cc4[C@H]5N)cn3)c(Cl)c2c1=O. The van der Waals surface area contributed by atoms with E-state index in [1.165, 1.54) is 28.2 Å². The number of phenolic OH excluding ortho intramolecular Hbond substituents is 1. The number of aromatic hydroxyl groups is 1. The second-order valence-corrected chi connectivity index (χ2v) is 11.6. The van der Waals surface area contributed by atoms with E-state index < -0.39 is 0 Å². The van der Waals surface area contributed by atoms with Gasteiger partial charge in [-0.1, -0.05) is 29.4 Å². The molecule has 4 aromatic rings. The summed E-state index contributed by atoms with van der Waals surface area (Å²) in [5.74, 6) is 1.10. The van der Waals surface area contributed by atoms with Gasteiger partial charge in [0.1, 0.15) is 16.6 Å². The monoisotopic (exact) mass is 564 g/mol. The molecule has 1 saturated heterocycles. The standard InChI is InChI=1S/C28H29ClN6O3S/c1-38-11-10-35-16-33-20-4-5-21(25(29)24(20)27(35)37)39-23-15-31-22(14-32-23)34-8-6-28(7-9-34)13-17-2-3-18(36)12-19(17)26(28)30/h2-5,12,14-16,26,36H,6-11,13,30H2,1H3/t26-/m1/s1. The molecule has 1 aliphatic carbocycles. The number of benzene rings is 2. The molecule has 202 valence electrons. The van der Waals surface area contributed by atoms with Gasteiger partial charge < -0.3 is 20.5 Å². The van der Waals surface area contributed by atoms with Gasteiger partial charge in [-0.3, -0.25) is 9.36 Å². The summed E-state index contributed by atoms with van der Waals surface area (Å²) >= 11 is 8.05. The van der Waals surface area contributed by atoms with Crippen LogP contribution in [0.2, 0.25) is 5.02 Å². The van der Waals surface area contributed by atoms with Crippen molar-refractivity contribution in [1.82, 2.24) is 19.5 Å². The third-order valence-electron chi connectivity index (χ3n) is 8.01. The van der Waals surface area contributed by atoms with E-state index in [4.69, 9.17) is 22.1 Å². The lowest BCUT2D eigenvalue weighted by molar-refractivity contribution is 0.186. The molecule has 6 rings (SSSR count). The highest BCUT2D eigenvalue weighted by molar-refractivity contribution is 7.99. The van der Waals surface area contributed by atoms with E-state index in [0.29, 0.717) is 34.1 Å². The van der Waals surface area contributed by atoms with Crippen molar-refractivity contribution >= 4 is 40.1 Å². The predicted molar refractivity (Wildman–Crippen MR) is 152 cm³/mol. The number of phenols is 1. The number of rotatable bonds is 6. The van der Waals surface area contributed by atoms with Gasteiger partial charge in [-0.25, -0.2) is 15.0 Å². The normalized spacial score (nSPS) is 18.1. The van der Waals surface area contributed by atoms with Crippen LogP contribution in [-0.2, 0) is 17.7 Å². The van der Waals surface area contributed by atoms with Gasteiger partial charge >= 0.3 is 0 Å². The van der Waals surface area contributed by atoms with Crippen molar-refractivity contribution in [3.05, 3.63) is 75.6 Å². The molecule has 1 fully saturated rings. The summed E-state index contributed by atoms with van der Waals surface area (Å²) in [5.41, 5.74) is 9.37. The predicted octanol–water partition coefficient (Wildman–Crippen LogP) is 4.19. The lowest BCUT2D eigenvalue weighted by Crippen LogP contribution is -2.44. The zero-order valence-electron chi connectivity index (χ0n) is 21.5. The number of ether oxygens (including phenoxy) is 1. The molecule has 1 aliphatic heterocycles. The van der Waals surface area contributed by atoms with E-state index in [1.807, 2.05) is 18.2 Å². The van der Waals surface area contributed by atoms with Gasteiger partial charge in [0, 0.05) is 31.1 Å². The van der Waals surface area contributed by atoms with Crippen molar-refractivity contribution in [3.63, 3.8) is 0 Å². The Bertz CT molecular complexity index is 1590. The fourth-order valence-corrected chi connectivity index (χ4v) is 6.89. The van der Waals surface area contributed by atoms with Gasteiger partial charge in [0.25, 0.3) is 5.56 Å². The average molecular weight is 565 g/mol. The average Bonchev–Trinajstić information content (AvgIpc) is 3.21. The lowest BCUT2D eigenvalue weighted by atomic mass is 9.73. The Labute approximate surface area is 235 Å². The first-order valence-corrected chi connectivity index (χ1v) is 14.1. The lowest BCUT2D eigenvalue weighted by Gasteiger charge is -2.42. The largest absolute Gasteiger partial charge is 0.508 e. The Kier molecular flexibility index (Phi) is 6.96. The fourth-order valence-electron chi connectivity index (χ4n) is 5.77. The topological polar surface area (TPSA) is 119 Å². The van der Waals surface area contributed by atoms with Crippen LogP contribution in [0.25, 0.3) is 10.9 Å². The molecule has 2 aromatic heterocycles. The molecular formula is C28H29ClN6O3S. The van der Waals surface area contributed by atoms with Gasteiger partial charge in [0.15, 0.2) is 0 Å². The van der Waals surface area contributed by atoms with Crippen LogP contribution in [0.4, 0.5) is 5.82 Å². The Balaban J connectivity index is 1.15. The molecule has 0 saturated carbocycles. The van der Waals surface area contributed by atoms with Gasteiger partial charge in [-0.15, -0.1) is 0 Å². The first-order valence-electron chi connectivity index (χ1n) is 12.9. The van der Waals surface area contributed by atoms with Crippen LogP contribution in [0.3, 0.4) is 0 Å². The van der Waals surface area contributed by atoms with Crippen LogP contribution in [0, 0.1) is 5.41 Å². The summed E-state index contributed by atoms with van der Waals surface area (Å²) in [6, 6.07) is 9.14. The third-order valence-corrected chi connectivity index (χ3v) is 9.50. The highest BCUT2D eigenvalue weighted by Gasteiger charge is 2.46. The molecule has 3 N–H and O–H groups in total. The Morgan fingerprint density at radius 1 is 1.18 bits per heavy atom. The van der Waals surface area contributed by atoms with Crippen LogP contribution < -0.4 is 16.2 Å². The third kappa shape index (κ3) is 4.75. The summed E-state index contributed by atoms with van der Waals surface area (Å²) in [6.45, 7) is 2.49. The minimum Gasteiger partial charge on any atom is -0.508 e. The van der Waals surface area contributed by atoms with E-state index in [9.17, 15) is 9.90 Å². The van der Waals surface area contributed by atoms with Crippen LogP contribution in [0.1, 0.15) is 30.0 Å². The molecule has 39 heavy (non-hydrogen) atoms. The zero-order chi connectivity index (χ0) is 27.1. The molecule has 2 aliphatic rings. The van der Waals surface area contributed by atoms with Crippen LogP contribution in [0.15, 0.2) is 63.8 Å². The van der Waals surface area contributed by atoms with Gasteiger partial charge in [-0.2, -0.15) is 0 Å². The number of halogens is 1. The van der Waals surface area contributed by atoms with Crippen molar-refractivity contribution in [3.8, 4) is 5.75 Å². The van der Waals surface area contributed by atoms with E-state index in [-0.39, 0.29) is 22.8 Å². The highest BCUT2D eigenvalue weighted by Crippen LogP contribution is 2.51. The number of methoxy groups -OCH3 is 1. The first-order chi connectivity index (χ1) is 18.9. The second kappa shape index (κ2) is 10.4. The summed E-state index contributed by atoms with van der Waals surface area (Å²) in [7, 11) is 1.59. The molecule has 2 aromatic carbocycles. The van der Waals surface area contributed by atoms with Crippen LogP contribution >= 0.6 is 23.4 Å². The van der Waals surface area contributed by atoms with Crippen molar-refractivity contribution in [2.24, 2.45) is 11.1 Å². The molecule has 0 amide bonds. The number of hydrogen-bond acceptors (Lipinski definition) is 9. The first kappa shape index (κ1) is 26.1. The molecule has 0 bridgehead atoms. The maximum absolute atomic E-state index is 13.0. The summed E-state index contributed by atoms with van der Waals surface area (Å²) in [6.07, 6.45) is 7.89. The van der Waals surface area contributed by atoms with Gasteiger partial charge in [0.2, 0.25) is 0 Å².